The molecule has 0 saturated carbocycles. The van der Waals surface area contributed by atoms with Crippen LogP contribution in [0, 0.1) is 35.6 Å². The van der Waals surface area contributed by atoms with Crippen molar-refractivity contribution in [2.45, 2.75) is 0 Å². The van der Waals surface area contributed by atoms with Crippen molar-refractivity contribution in [2.24, 2.45) is 0 Å². The van der Waals surface area contributed by atoms with Gasteiger partial charge in [-0.1, -0.05) is 0 Å². The summed E-state index contributed by atoms with van der Waals surface area (Å²) in [4.78, 5) is 8.56. The molecular weight excluding hydrogens is 213 g/mol. The van der Waals surface area contributed by atoms with Crippen LogP contribution in [-0.2, 0) is 0 Å². The number of carboxylic acid groups (broad SMARTS) is 2. The monoisotopic (exact) mass is 218 g/mol. The summed E-state index contributed by atoms with van der Waals surface area (Å²) >= 11 is 0. The fourth-order valence-electron chi connectivity index (χ4n) is 0. The number of carbonyl (C=O) groups is 1. The Morgan fingerprint density at radius 2 is 1.33 bits per heavy atom. The molecule has 0 amide bonds. The molecule has 0 unspecified atom stereocenters. The van der Waals surface area contributed by atoms with Gasteiger partial charge in [0.2, 0.25) is 0 Å². The minimum Gasteiger partial charge on any atom is -0.450 e. The Bertz CT molecular complexity index is 33.8. The average molecular weight is 218 g/mol. The maximum atomic E-state index is 8.56. The summed E-state index contributed by atoms with van der Waals surface area (Å²) in [5, 5.41) is 13.9. The average Bonchev–Trinajstić information content (AvgIpc) is 0.811. The van der Waals surface area contributed by atoms with E-state index in [-0.39, 0.29) is 41.7 Å². The number of rotatable bonds is 0. The van der Waals surface area contributed by atoms with Gasteiger partial charge in [-0.15, -0.1) is 0 Å². The predicted molar refractivity (Wildman–Crippen MR) is 15.7 cm³/mol. The first-order valence-corrected chi connectivity index (χ1v) is 0.651. The van der Waals surface area contributed by atoms with Crippen molar-refractivity contribution >= 4 is 6.16 Å². The zero-order chi connectivity index (χ0) is 3.58. The smallest absolute Gasteiger partial charge is 0.450 e. The Balaban J connectivity index is -0.0000000450. The molecule has 6 heavy (non-hydrogen) atoms. The Labute approximate surface area is 62.7 Å². The van der Waals surface area contributed by atoms with Gasteiger partial charge in [-0.05, 0) is 0 Å². The first kappa shape index (κ1) is 16.1. The summed E-state index contributed by atoms with van der Waals surface area (Å²) in [5.41, 5.74) is 0. The molecule has 0 atom stereocenters. The fraction of sp³-hybridized carbons (Fsp3) is 0. The second kappa shape index (κ2) is 9.06. The maximum absolute atomic E-state index is 8.56. The first-order chi connectivity index (χ1) is 1.73. The molecule has 4 nitrogen and oxygen atoms in total. The summed E-state index contributed by atoms with van der Waals surface area (Å²) in [5.74, 6) is 0. The molecule has 35 valence electrons. The van der Waals surface area contributed by atoms with Crippen molar-refractivity contribution in [3.8, 4) is 0 Å². The van der Waals surface area contributed by atoms with Crippen LogP contribution in [-0.4, -0.2) is 16.4 Å². The zero-order valence-corrected chi connectivity index (χ0v) is 6.71. The Hall–Kier alpha value is 0.425. The van der Waals surface area contributed by atoms with Gasteiger partial charge in [-0.25, -0.2) is 4.79 Å². The summed E-state index contributed by atoms with van der Waals surface area (Å²) < 4.78 is 0. The summed E-state index contributed by atoms with van der Waals surface area (Å²) in [6.07, 6.45) is -1.83. The molecule has 0 aliphatic heterocycles. The minimum atomic E-state index is -1.83. The Morgan fingerprint density at radius 1 is 1.33 bits per heavy atom. The molecular formula is CH5LaNO3. The molecule has 0 fully saturated rings. The van der Waals surface area contributed by atoms with Gasteiger partial charge in [0.25, 0.3) is 0 Å². The topological polar surface area (TPSA) is 92.5 Å². The van der Waals surface area contributed by atoms with E-state index < -0.39 is 6.16 Å². The van der Waals surface area contributed by atoms with E-state index in [1.807, 2.05) is 0 Å². The second-order valence-electron chi connectivity index (χ2n) is 0.283. The van der Waals surface area contributed by atoms with E-state index in [1.54, 1.807) is 0 Å². The zero-order valence-electron chi connectivity index (χ0n) is 3.09. The van der Waals surface area contributed by atoms with Crippen LogP contribution in [0.4, 0.5) is 4.79 Å². The fourth-order valence-corrected chi connectivity index (χ4v) is 0. The molecule has 5 N–H and O–H groups in total. The molecule has 0 spiro atoms. The van der Waals surface area contributed by atoms with Crippen LogP contribution in [0.5, 0.6) is 0 Å². The van der Waals surface area contributed by atoms with E-state index in [0.717, 1.165) is 0 Å². The van der Waals surface area contributed by atoms with Gasteiger partial charge in [0.1, 0.15) is 0 Å². The Kier molecular flexibility index (Phi) is 24.3. The molecule has 0 aliphatic rings. The van der Waals surface area contributed by atoms with Gasteiger partial charge < -0.3 is 16.4 Å². The molecule has 5 heteroatoms. The quantitative estimate of drug-likeness (QED) is 0.548. The largest absolute Gasteiger partial charge is 0.503 e. The van der Waals surface area contributed by atoms with Crippen molar-refractivity contribution in [1.82, 2.24) is 6.15 Å². The predicted octanol–water partition coefficient (Wildman–Crippen LogP) is 0.384. The molecule has 0 heterocycles. The van der Waals surface area contributed by atoms with Crippen LogP contribution in [0.25, 0.3) is 0 Å². The van der Waals surface area contributed by atoms with E-state index in [0.29, 0.717) is 0 Å². The van der Waals surface area contributed by atoms with Crippen LogP contribution in [0.3, 0.4) is 0 Å². The molecule has 0 aromatic heterocycles. The van der Waals surface area contributed by atoms with Crippen molar-refractivity contribution in [2.75, 3.05) is 0 Å². The second-order valence-corrected chi connectivity index (χ2v) is 0.283. The van der Waals surface area contributed by atoms with E-state index >= 15 is 0 Å². The van der Waals surface area contributed by atoms with Gasteiger partial charge >= 0.3 is 6.16 Å². The molecule has 0 saturated heterocycles. The minimum absolute atomic E-state index is 0. The van der Waals surface area contributed by atoms with Crippen LogP contribution >= 0.6 is 0 Å². The number of hydrogen-bond donors (Lipinski definition) is 3. The van der Waals surface area contributed by atoms with Crippen LogP contribution in [0.15, 0.2) is 0 Å². The van der Waals surface area contributed by atoms with Crippen molar-refractivity contribution < 1.29 is 50.6 Å². The molecule has 0 aliphatic carbocycles. The third kappa shape index (κ3) is 288. The summed E-state index contributed by atoms with van der Waals surface area (Å²) in [7, 11) is 0. The molecule has 0 aromatic carbocycles. The van der Waals surface area contributed by atoms with Gasteiger partial charge in [-0.3, -0.25) is 0 Å². The molecule has 0 bridgehead atoms. The van der Waals surface area contributed by atoms with Crippen molar-refractivity contribution in [1.29, 1.82) is 0 Å². The molecule has 0 aromatic rings. The standard InChI is InChI=1S/CH2O3.La.H3N/c2-1(3)4;;/h(H2,2,3,4);;1H3. The van der Waals surface area contributed by atoms with Gasteiger partial charge in [0.15, 0.2) is 0 Å². The van der Waals surface area contributed by atoms with Crippen molar-refractivity contribution in [3.63, 3.8) is 0 Å². The van der Waals surface area contributed by atoms with E-state index in [4.69, 9.17) is 15.0 Å². The van der Waals surface area contributed by atoms with Crippen LogP contribution in [0.1, 0.15) is 0 Å². The van der Waals surface area contributed by atoms with E-state index in [9.17, 15) is 0 Å². The Morgan fingerprint density at radius 3 is 1.33 bits per heavy atom. The normalized spacial score (nSPS) is 4.00. The molecule has 1 radical (unpaired) electrons. The first-order valence-electron chi connectivity index (χ1n) is 0.651. The van der Waals surface area contributed by atoms with Gasteiger partial charge in [0.05, 0.1) is 0 Å². The van der Waals surface area contributed by atoms with Gasteiger partial charge in [-0.2, -0.15) is 0 Å². The van der Waals surface area contributed by atoms with Gasteiger partial charge in [0, 0.05) is 35.6 Å². The van der Waals surface area contributed by atoms with Crippen molar-refractivity contribution in [3.05, 3.63) is 0 Å². The number of hydrogen-bond acceptors (Lipinski definition) is 2. The van der Waals surface area contributed by atoms with E-state index in [1.165, 1.54) is 0 Å². The van der Waals surface area contributed by atoms with Crippen LogP contribution < -0.4 is 6.15 Å². The molecule has 0 rings (SSSR count). The summed E-state index contributed by atoms with van der Waals surface area (Å²) in [6, 6.07) is 0. The SMILES string of the molecule is N.O=C(O)O.[La]. The van der Waals surface area contributed by atoms with Crippen LogP contribution in [0.2, 0.25) is 0 Å². The third-order valence-corrected chi connectivity index (χ3v) is 0. The maximum Gasteiger partial charge on any atom is 0.503 e. The third-order valence-electron chi connectivity index (χ3n) is 0. The summed E-state index contributed by atoms with van der Waals surface area (Å²) in [6.45, 7) is 0. The van der Waals surface area contributed by atoms with E-state index in [2.05, 4.69) is 0 Å².